The zero-order chi connectivity index (χ0) is 22.9. The number of nitrogens with one attached hydrogen (secondary N) is 2. The Balaban J connectivity index is 1.26. The van der Waals surface area contributed by atoms with Crippen molar-refractivity contribution in [3.8, 4) is 11.1 Å². The number of hydrogen-bond donors (Lipinski definition) is 2. The summed E-state index contributed by atoms with van der Waals surface area (Å²) in [5.74, 6) is 0.902. The minimum absolute atomic E-state index is 0.416. The van der Waals surface area contributed by atoms with Gasteiger partial charge >= 0.3 is 0 Å². The molecule has 174 valence electrons. The van der Waals surface area contributed by atoms with Crippen LogP contribution in [-0.4, -0.2) is 64.5 Å². The molecule has 2 N–H and O–H groups in total. The molecule has 6 rings (SSSR count). The van der Waals surface area contributed by atoms with Crippen LogP contribution in [0.5, 0.6) is 0 Å². The molecule has 7 nitrogen and oxygen atoms in total. The van der Waals surface area contributed by atoms with E-state index in [9.17, 15) is 4.79 Å². The second-order valence-corrected chi connectivity index (χ2v) is 9.37. The van der Waals surface area contributed by atoms with Crippen LogP contribution in [0.3, 0.4) is 0 Å². The van der Waals surface area contributed by atoms with Crippen molar-refractivity contribution in [3.63, 3.8) is 0 Å². The fourth-order valence-electron chi connectivity index (χ4n) is 5.49. The third-order valence-corrected chi connectivity index (χ3v) is 7.37. The van der Waals surface area contributed by atoms with Crippen LogP contribution in [-0.2, 0) is 4.74 Å². The Morgan fingerprint density at radius 1 is 0.971 bits per heavy atom. The number of carbonyl (C=O) groups is 1. The van der Waals surface area contributed by atoms with Crippen molar-refractivity contribution < 1.29 is 9.53 Å². The second-order valence-electron chi connectivity index (χ2n) is 9.37. The molecule has 2 aromatic carbocycles. The van der Waals surface area contributed by atoms with Crippen molar-refractivity contribution in [1.82, 2.24) is 19.9 Å². The van der Waals surface area contributed by atoms with Gasteiger partial charge in [0, 0.05) is 41.6 Å². The minimum Gasteiger partial charge on any atom is -0.379 e. The molecule has 3 heterocycles. The molecule has 0 spiro atoms. The van der Waals surface area contributed by atoms with E-state index >= 15 is 0 Å². The molecule has 2 aliphatic rings. The van der Waals surface area contributed by atoms with Gasteiger partial charge in [-0.25, -0.2) is 9.97 Å². The summed E-state index contributed by atoms with van der Waals surface area (Å²) in [6.45, 7) is 3.84. The maximum Gasteiger partial charge on any atom is 0.150 e. The Morgan fingerprint density at radius 3 is 2.50 bits per heavy atom. The standard InChI is InChI=1S/C27H29N5O2/c33-16-18-1-3-19(4-2-18)20-5-10-24-23(15-20)25-26(28-17-29-27(25)31-24)30-21-6-8-22(9-7-21)32-11-13-34-14-12-32/h1-5,10,15-17,21-22H,6-9,11-14H2,(H2,28,29,30,31)/t21-,22-. The van der Waals surface area contributed by atoms with E-state index < -0.39 is 0 Å². The Kier molecular flexibility index (Phi) is 5.73. The molecule has 0 radical (unpaired) electrons. The van der Waals surface area contributed by atoms with Gasteiger partial charge in [0.2, 0.25) is 0 Å². The number of aldehydes is 1. The SMILES string of the molecule is O=Cc1ccc(-c2ccc3[nH]c4ncnc(N[C@H]5CC[C@H](N6CCOCC6)CC5)c4c3c2)cc1. The Hall–Kier alpha value is -3.29. The molecule has 0 bridgehead atoms. The van der Waals surface area contributed by atoms with E-state index in [2.05, 4.69) is 43.4 Å². The molecular weight excluding hydrogens is 426 g/mol. The Labute approximate surface area is 198 Å². The number of anilines is 1. The van der Waals surface area contributed by atoms with Gasteiger partial charge in [0.15, 0.2) is 0 Å². The molecule has 1 aliphatic carbocycles. The van der Waals surface area contributed by atoms with Crippen LogP contribution < -0.4 is 5.32 Å². The maximum atomic E-state index is 11.0. The number of fused-ring (bicyclic) bond motifs is 3. The van der Waals surface area contributed by atoms with E-state index in [0.717, 1.165) is 84.3 Å². The number of nitrogens with zero attached hydrogens (tertiary/aromatic N) is 3. The van der Waals surface area contributed by atoms with E-state index in [1.807, 2.05) is 24.3 Å². The van der Waals surface area contributed by atoms with Crippen molar-refractivity contribution in [2.24, 2.45) is 0 Å². The normalized spacial score (nSPS) is 21.6. The van der Waals surface area contributed by atoms with Crippen LogP contribution in [0.2, 0.25) is 0 Å². The van der Waals surface area contributed by atoms with Crippen molar-refractivity contribution in [3.05, 3.63) is 54.4 Å². The lowest BCUT2D eigenvalue weighted by Crippen LogP contribution is -2.46. The lowest BCUT2D eigenvalue weighted by Gasteiger charge is -2.39. The van der Waals surface area contributed by atoms with Gasteiger partial charge < -0.3 is 15.0 Å². The molecule has 1 saturated heterocycles. The molecule has 2 aromatic heterocycles. The highest BCUT2D eigenvalue weighted by Crippen LogP contribution is 2.34. The molecule has 1 saturated carbocycles. The van der Waals surface area contributed by atoms with Crippen molar-refractivity contribution in [1.29, 1.82) is 0 Å². The third-order valence-electron chi connectivity index (χ3n) is 7.37. The molecule has 0 atom stereocenters. The average Bonchev–Trinajstić information content (AvgIpc) is 3.28. The third kappa shape index (κ3) is 4.06. The molecule has 34 heavy (non-hydrogen) atoms. The molecule has 1 aliphatic heterocycles. The second kappa shape index (κ2) is 9.16. The molecule has 0 amide bonds. The molecule has 7 heteroatoms. The number of ether oxygens (including phenoxy) is 1. The predicted octanol–water partition coefficient (Wildman–Crippen LogP) is 4.65. The number of morpholine rings is 1. The number of hydrogen-bond acceptors (Lipinski definition) is 6. The monoisotopic (exact) mass is 455 g/mol. The number of benzene rings is 2. The number of carbonyl (C=O) groups excluding carboxylic acids is 1. The maximum absolute atomic E-state index is 11.0. The first kappa shape index (κ1) is 21.3. The zero-order valence-corrected chi connectivity index (χ0v) is 19.2. The van der Waals surface area contributed by atoms with Gasteiger partial charge in [-0.3, -0.25) is 9.69 Å². The van der Waals surface area contributed by atoms with Crippen molar-refractivity contribution in [2.75, 3.05) is 31.6 Å². The first-order valence-corrected chi connectivity index (χ1v) is 12.2. The van der Waals surface area contributed by atoms with E-state index in [1.165, 1.54) is 12.8 Å². The van der Waals surface area contributed by atoms with Gasteiger partial charge in [-0.15, -0.1) is 0 Å². The summed E-state index contributed by atoms with van der Waals surface area (Å²) in [6, 6.07) is 15.2. The highest BCUT2D eigenvalue weighted by molar-refractivity contribution is 6.12. The lowest BCUT2D eigenvalue weighted by atomic mass is 9.90. The smallest absolute Gasteiger partial charge is 0.150 e. The first-order chi connectivity index (χ1) is 16.8. The minimum atomic E-state index is 0.416. The fraction of sp³-hybridized carbons (Fsp3) is 0.370. The summed E-state index contributed by atoms with van der Waals surface area (Å²) >= 11 is 0. The van der Waals surface area contributed by atoms with Crippen LogP contribution in [0.25, 0.3) is 33.1 Å². The number of aromatic nitrogens is 3. The highest BCUT2D eigenvalue weighted by atomic mass is 16.5. The first-order valence-electron chi connectivity index (χ1n) is 12.2. The lowest BCUT2D eigenvalue weighted by molar-refractivity contribution is 0.00791. The van der Waals surface area contributed by atoms with Crippen LogP contribution in [0.1, 0.15) is 36.0 Å². The van der Waals surface area contributed by atoms with Gasteiger partial charge in [0.1, 0.15) is 24.1 Å². The largest absolute Gasteiger partial charge is 0.379 e. The molecule has 2 fully saturated rings. The Morgan fingerprint density at radius 2 is 1.74 bits per heavy atom. The van der Waals surface area contributed by atoms with E-state index in [0.29, 0.717) is 17.6 Å². The average molecular weight is 456 g/mol. The number of H-pyrrole nitrogens is 1. The number of rotatable bonds is 5. The van der Waals surface area contributed by atoms with E-state index in [1.54, 1.807) is 6.33 Å². The summed E-state index contributed by atoms with van der Waals surface area (Å²) in [5, 5.41) is 5.90. The van der Waals surface area contributed by atoms with Gasteiger partial charge in [-0.1, -0.05) is 30.3 Å². The highest BCUT2D eigenvalue weighted by Gasteiger charge is 2.27. The summed E-state index contributed by atoms with van der Waals surface area (Å²) in [4.78, 5) is 26.2. The van der Waals surface area contributed by atoms with E-state index in [4.69, 9.17) is 4.74 Å². The Bertz CT molecular complexity index is 1300. The topological polar surface area (TPSA) is 83.1 Å². The summed E-state index contributed by atoms with van der Waals surface area (Å²) in [7, 11) is 0. The quantitative estimate of drug-likeness (QED) is 0.427. The van der Waals surface area contributed by atoms with Crippen LogP contribution in [0, 0.1) is 0 Å². The van der Waals surface area contributed by atoms with Crippen LogP contribution in [0.15, 0.2) is 48.8 Å². The zero-order valence-electron chi connectivity index (χ0n) is 19.2. The van der Waals surface area contributed by atoms with Crippen LogP contribution >= 0.6 is 0 Å². The van der Waals surface area contributed by atoms with Gasteiger partial charge in [0.25, 0.3) is 0 Å². The van der Waals surface area contributed by atoms with Crippen LogP contribution in [0.4, 0.5) is 5.82 Å². The fourth-order valence-corrected chi connectivity index (χ4v) is 5.49. The predicted molar refractivity (Wildman–Crippen MR) is 134 cm³/mol. The summed E-state index contributed by atoms with van der Waals surface area (Å²) in [6.07, 6.45) is 7.21. The van der Waals surface area contributed by atoms with Crippen molar-refractivity contribution >= 4 is 34.0 Å². The van der Waals surface area contributed by atoms with Gasteiger partial charge in [-0.05, 0) is 48.9 Å². The molecular formula is C27H29N5O2. The number of aromatic amines is 1. The molecule has 0 unspecified atom stereocenters. The van der Waals surface area contributed by atoms with Gasteiger partial charge in [-0.2, -0.15) is 0 Å². The molecule has 4 aromatic rings. The van der Waals surface area contributed by atoms with E-state index in [-0.39, 0.29) is 0 Å². The van der Waals surface area contributed by atoms with Gasteiger partial charge in [0.05, 0.1) is 18.6 Å². The summed E-state index contributed by atoms with van der Waals surface area (Å²) < 4.78 is 5.52. The summed E-state index contributed by atoms with van der Waals surface area (Å²) in [5.41, 5.74) is 4.76. The van der Waals surface area contributed by atoms with Crippen molar-refractivity contribution in [2.45, 2.75) is 37.8 Å².